The van der Waals surface area contributed by atoms with E-state index in [-0.39, 0.29) is 11.9 Å². The lowest BCUT2D eigenvalue weighted by Gasteiger charge is -2.22. The van der Waals surface area contributed by atoms with Crippen molar-refractivity contribution in [3.63, 3.8) is 0 Å². The molecule has 5 nitrogen and oxygen atoms in total. The number of thiazole rings is 1. The summed E-state index contributed by atoms with van der Waals surface area (Å²) >= 11 is 1.56. The number of aryl methyl sites for hydroxylation is 1. The van der Waals surface area contributed by atoms with E-state index >= 15 is 0 Å². The summed E-state index contributed by atoms with van der Waals surface area (Å²) in [5.41, 5.74) is 1.85. The van der Waals surface area contributed by atoms with Crippen LogP contribution in [0.15, 0.2) is 23.6 Å². The van der Waals surface area contributed by atoms with Gasteiger partial charge in [0.05, 0.1) is 23.2 Å². The molecule has 1 unspecified atom stereocenters. The van der Waals surface area contributed by atoms with Gasteiger partial charge >= 0.3 is 0 Å². The zero-order chi connectivity index (χ0) is 16.2. The van der Waals surface area contributed by atoms with E-state index in [1.165, 1.54) is 0 Å². The fraction of sp³-hybridized carbons (Fsp3) is 0.412. The van der Waals surface area contributed by atoms with Gasteiger partial charge < -0.3 is 14.8 Å². The van der Waals surface area contributed by atoms with Gasteiger partial charge in [0.1, 0.15) is 13.2 Å². The number of nitrogens with one attached hydrogen (secondary N) is 1. The molecule has 1 amide bonds. The molecular formula is C17H20N2O3S. The summed E-state index contributed by atoms with van der Waals surface area (Å²) in [6, 6.07) is 5.80. The number of benzene rings is 1. The van der Waals surface area contributed by atoms with E-state index in [9.17, 15) is 4.79 Å². The molecule has 0 aliphatic carbocycles. The Labute approximate surface area is 139 Å². The van der Waals surface area contributed by atoms with Gasteiger partial charge in [-0.2, -0.15) is 0 Å². The molecular weight excluding hydrogens is 312 g/mol. The van der Waals surface area contributed by atoms with Crippen LogP contribution < -0.4 is 14.8 Å². The molecule has 1 atom stereocenters. The number of carbonyl (C=O) groups excluding carboxylic acids is 1. The molecule has 1 aromatic heterocycles. The molecule has 122 valence electrons. The van der Waals surface area contributed by atoms with E-state index in [0.717, 1.165) is 34.2 Å². The van der Waals surface area contributed by atoms with Crippen LogP contribution in [-0.4, -0.2) is 24.1 Å². The van der Waals surface area contributed by atoms with Crippen LogP contribution in [0.1, 0.15) is 35.7 Å². The lowest BCUT2D eigenvalue weighted by molar-refractivity contribution is -0.121. The second-order valence-corrected chi connectivity index (χ2v) is 6.53. The molecule has 23 heavy (non-hydrogen) atoms. The molecule has 1 aliphatic rings. The van der Waals surface area contributed by atoms with Crippen molar-refractivity contribution < 1.29 is 14.3 Å². The number of hydrogen-bond acceptors (Lipinski definition) is 5. The van der Waals surface area contributed by atoms with Crippen LogP contribution in [0.25, 0.3) is 0 Å². The van der Waals surface area contributed by atoms with Gasteiger partial charge in [-0.15, -0.1) is 11.3 Å². The standard InChI is InChI=1S/C17H20N2O3S/c1-3-14(19-17(20)9-13-10-23-11(2)18-13)12-4-5-15-16(8-12)22-7-6-21-15/h4-5,8,10,14H,3,6-7,9H2,1-2H3,(H,19,20). The number of nitrogens with zero attached hydrogens (tertiary/aromatic N) is 1. The van der Waals surface area contributed by atoms with Gasteiger partial charge in [0.2, 0.25) is 5.91 Å². The average Bonchev–Trinajstić information content (AvgIpc) is 2.97. The fourth-order valence-corrected chi connectivity index (χ4v) is 3.21. The first-order valence-corrected chi connectivity index (χ1v) is 8.63. The molecule has 2 heterocycles. The molecule has 1 aromatic carbocycles. The monoisotopic (exact) mass is 332 g/mol. The summed E-state index contributed by atoms with van der Waals surface area (Å²) in [5.74, 6) is 1.49. The normalized spacial score (nSPS) is 14.3. The third-order valence-corrected chi connectivity index (χ3v) is 4.54. The SMILES string of the molecule is CCC(NC(=O)Cc1csc(C)n1)c1ccc2c(c1)OCCO2. The van der Waals surface area contributed by atoms with Crippen molar-refractivity contribution in [2.45, 2.75) is 32.7 Å². The van der Waals surface area contributed by atoms with Gasteiger partial charge in [-0.3, -0.25) is 4.79 Å². The van der Waals surface area contributed by atoms with Crippen molar-refractivity contribution in [3.05, 3.63) is 39.8 Å². The summed E-state index contributed by atoms with van der Waals surface area (Å²) < 4.78 is 11.2. The molecule has 1 N–H and O–H groups in total. The van der Waals surface area contributed by atoms with Crippen molar-refractivity contribution in [1.29, 1.82) is 0 Å². The van der Waals surface area contributed by atoms with Gasteiger partial charge in [0.25, 0.3) is 0 Å². The predicted octanol–water partition coefficient (Wildman–Crippen LogP) is 3.03. The van der Waals surface area contributed by atoms with Crippen LogP contribution in [0, 0.1) is 6.92 Å². The van der Waals surface area contributed by atoms with E-state index in [1.807, 2.05) is 30.5 Å². The predicted molar refractivity (Wildman–Crippen MR) is 89.2 cm³/mol. The summed E-state index contributed by atoms with van der Waals surface area (Å²) in [5, 5.41) is 5.99. The Morgan fingerprint density at radius 2 is 2.13 bits per heavy atom. The van der Waals surface area contributed by atoms with E-state index in [1.54, 1.807) is 11.3 Å². The second kappa shape index (κ2) is 7.00. The minimum atomic E-state index is -0.0435. The number of fused-ring (bicyclic) bond motifs is 1. The maximum Gasteiger partial charge on any atom is 0.226 e. The first-order chi connectivity index (χ1) is 11.2. The van der Waals surface area contributed by atoms with Crippen molar-refractivity contribution in [1.82, 2.24) is 10.3 Å². The number of rotatable bonds is 5. The maximum absolute atomic E-state index is 12.3. The zero-order valence-corrected chi connectivity index (χ0v) is 14.1. The average molecular weight is 332 g/mol. The number of ether oxygens (including phenoxy) is 2. The Hall–Kier alpha value is -2.08. The Kier molecular flexibility index (Phi) is 4.81. The molecule has 0 radical (unpaired) electrons. The van der Waals surface area contributed by atoms with Crippen LogP contribution in [-0.2, 0) is 11.2 Å². The largest absolute Gasteiger partial charge is 0.486 e. The van der Waals surface area contributed by atoms with E-state index < -0.39 is 0 Å². The van der Waals surface area contributed by atoms with Crippen LogP contribution in [0.2, 0.25) is 0 Å². The number of aromatic nitrogens is 1. The van der Waals surface area contributed by atoms with Gasteiger partial charge in [-0.1, -0.05) is 13.0 Å². The van der Waals surface area contributed by atoms with Crippen LogP contribution in [0.4, 0.5) is 0 Å². The molecule has 6 heteroatoms. The highest BCUT2D eigenvalue weighted by atomic mass is 32.1. The van der Waals surface area contributed by atoms with Crippen molar-refractivity contribution in [2.75, 3.05) is 13.2 Å². The first kappa shape index (κ1) is 15.8. The van der Waals surface area contributed by atoms with Crippen molar-refractivity contribution in [2.24, 2.45) is 0 Å². The fourth-order valence-electron chi connectivity index (χ4n) is 2.60. The summed E-state index contributed by atoms with van der Waals surface area (Å²) in [4.78, 5) is 16.6. The zero-order valence-electron chi connectivity index (χ0n) is 13.3. The Bertz CT molecular complexity index is 699. The molecule has 1 aliphatic heterocycles. The Morgan fingerprint density at radius 3 is 2.83 bits per heavy atom. The lowest BCUT2D eigenvalue weighted by atomic mass is 10.0. The third-order valence-electron chi connectivity index (χ3n) is 3.72. The van der Waals surface area contributed by atoms with E-state index in [2.05, 4.69) is 17.2 Å². The Balaban J connectivity index is 1.68. The summed E-state index contributed by atoms with van der Waals surface area (Å²) in [7, 11) is 0. The molecule has 2 aromatic rings. The van der Waals surface area contributed by atoms with E-state index in [4.69, 9.17) is 9.47 Å². The van der Waals surface area contributed by atoms with Gasteiger partial charge in [0.15, 0.2) is 11.5 Å². The third kappa shape index (κ3) is 3.82. The summed E-state index contributed by atoms with van der Waals surface area (Å²) in [6.07, 6.45) is 1.12. The highest BCUT2D eigenvalue weighted by Crippen LogP contribution is 2.33. The number of carbonyl (C=O) groups is 1. The topological polar surface area (TPSA) is 60.5 Å². The van der Waals surface area contributed by atoms with Crippen LogP contribution in [0.3, 0.4) is 0 Å². The molecule has 0 bridgehead atoms. The van der Waals surface area contributed by atoms with Crippen LogP contribution in [0.5, 0.6) is 11.5 Å². The highest BCUT2D eigenvalue weighted by Gasteiger charge is 2.18. The van der Waals surface area contributed by atoms with Gasteiger partial charge in [0, 0.05) is 5.38 Å². The molecule has 0 spiro atoms. The molecule has 3 rings (SSSR count). The second-order valence-electron chi connectivity index (χ2n) is 5.47. The molecule has 0 fully saturated rings. The van der Waals surface area contributed by atoms with E-state index in [0.29, 0.717) is 19.6 Å². The van der Waals surface area contributed by atoms with Crippen molar-refractivity contribution in [3.8, 4) is 11.5 Å². The minimum absolute atomic E-state index is 0.0166. The minimum Gasteiger partial charge on any atom is -0.486 e. The smallest absolute Gasteiger partial charge is 0.226 e. The Morgan fingerprint density at radius 1 is 1.35 bits per heavy atom. The number of hydrogen-bond donors (Lipinski definition) is 1. The van der Waals surface area contributed by atoms with Gasteiger partial charge in [-0.25, -0.2) is 4.98 Å². The van der Waals surface area contributed by atoms with Crippen LogP contribution >= 0.6 is 11.3 Å². The van der Waals surface area contributed by atoms with Crippen molar-refractivity contribution >= 4 is 17.2 Å². The highest BCUT2D eigenvalue weighted by molar-refractivity contribution is 7.09. The quantitative estimate of drug-likeness (QED) is 0.914. The van der Waals surface area contributed by atoms with Gasteiger partial charge in [-0.05, 0) is 31.0 Å². The molecule has 0 saturated carbocycles. The number of amides is 1. The lowest BCUT2D eigenvalue weighted by Crippen LogP contribution is -2.29. The maximum atomic E-state index is 12.3. The summed E-state index contributed by atoms with van der Waals surface area (Å²) in [6.45, 7) is 5.13. The molecule has 0 saturated heterocycles. The first-order valence-electron chi connectivity index (χ1n) is 7.75.